The Hall–Kier alpha value is -1.30. The second-order valence-corrected chi connectivity index (χ2v) is 9.36. The van der Waals surface area contributed by atoms with Crippen molar-refractivity contribution >= 4 is 12.0 Å². The second kappa shape index (κ2) is 10.3. The number of likely N-dealkylation sites (tertiary alicyclic amines) is 2. The maximum absolute atomic E-state index is 12.5. The van der Waals surface area contributed by atoms with Gasteiger partial charge in [-0.1, -0.05) is 6.92 Å². The summed E-state index contributed by atoms with van der Waals surface area (Å²) in [6, 6.07) is 0. The number of carbonyl (C=O) groups excluding carboxylic acids is 2. The topological polar surface area (TPSA) is 61.9 Å². The third-order valence-corrected chi connectivity index (χ3v) is 5.50. The minimum atomic E-state index is -0.491. The lowest BCUT2D eigenvalue weighted by molar-refractivity contribution is -0.133. The van der Waals surface area contributed by atoms with Gasteiger partial charge in [0.05, 0.1) is 0 Å². The molecular weight excluding hydrogens is 342 g/mol. The molecule has 2 fully saturated rings. The highest BCUT2D eigenvalue weighted by molar-refractivity contribution is 5.76. The SMILES string of the molecule is CC1CCN(CC2CCCN(C(=O)CCCNC(=O)OC(C)(C)C)C2)CC1. The summed E-state index contributed by atoms with van der Waals surface area (Å²) in [5.74, 6) is 1.69. The average Bonchev–Trinajstić information content (AvgIpc) is 2.59. The first-order valence-electron chi connectivity index (χ1n) is 10.7. The summed E-state index contributed by atoms with van der Waals surface area (Å²) in [7, 11) is 0. The standard InChI is InChI=1S/C21H39N3O3/c1-17-9-13-23(14-10-17)15-18-7-6-12-24(16-18)19(25)8-5-11-22-20(26)27-21(2,3)4/h17-18H,5-16H2,1-4H3,(H,22,26). The van der Waals surface area contributed by atoms with Gasteiger partial charge in [0.15, 0.2) is 0 Å². The van der Waals surface area contributed by atoms with E-state index in [1.54, 1.807) is 0 Å². The van der Waals surface area contributed by atoms with Crippen LogP contribution in [0.3, 0.4) is 0 Å². The van der Waals surface area contributed by atoms with Crippen LogP contribution in [0, 0.1) is 11.8 Å². The van der Waals surface area contributed by atoms with Gasteiger partial charge in [0.25, 0.3) is 0 Å². The lowest BCUT2D eigenvalue weighted by Crippen LogP contribution is -2.45. The van der Waals surface area contributed by atoms with Crippen molar-refractivity contribution in [2.45, 2.75) is 71.8 Å². The number of hydrogen-bond acceptors (Lipinski definition) is 4. The molecular formula is C21H39N3O3. The number of piperidine rings is 2. The van der Waals surface area contributed by atoms with Crippen LogP contribution in [0.2, 0.25) is 0 Å². The van der Waals surface area contributed by atoms with E-state index in [9.17, 15) is 9.59 Å². The first-order valence-corrected chi connectivity index (χ1v) is 10.7. The molecule has 6 nitrogen and oxygen atoms in total. The third kappa shape index (κ3) is 8.50. The number of rotatable bonds is 6. The van der Waals surface area contributed by atoms with Crippen molar-refractivity contribution in [3.63, 3.8) is 0 Å². The molecule has 27 heavy (non-hydrogen) atoms. The molecule has 0 saturated carbocycles. The summed E-state index contributed by atoms with van der Waals surface area (Å²) in [5, 5.41) is 2.73. The molecule has 1 unspecified atom stereocenters. The molecule has 2 rings (SSSR count). The molecule has 1 N–H and O–H groups in total. The van der Waals surface area contributed by atoms with E-state index >= 15 is 0 Å². The highest BCUT2D eigenvalue weighted by Crippen LogP contribution is 2.22. The second-order valence-electron chi connectivity index (χ2n) is 9.36. The van der Waals surface area contributed by atoms with E-state index < -0.39 is 11.7 Å². The smallest absolute Gasteiger partial charge is 0.407 e. The molecule has 156 valence electrons. The van der Waals surface area contributed by atoms with Crippen molar-refractivity contribution in [3.8, 4) is 0 Å². The molecule has 0 radical (unpaired) electrons. The number of nitrogens with zero attached hydrogens (tertiary/aromatic N) is 2. The van der Waals surface area contributed by atoms with E-state index in [0.717, 1.165) is 32.0 Å². The Kier molecular flexibility index (Phi) is 8.39. The monoisotopic (exact) mass is 381 g/mol. The number of hydrogen-bond donors (Lipinski definition) is 1. The van der Waals surface area contributed by atoms with Gasteiger partial charge in [-0.05, 0) is 77.8 Å². The zero-order valence-corrected chi connectivity index (χ0v) is 17.8. The van der Waals surface area contributed by atoms with Crippen LogP contribution in [0.15, 0.2) is 0 Å². The van der Waals surface area contributed by atoms with Gasteiger partial charge >= 0.3 is 6.09 Å². The van der Waals surface area contributed by atoms with Gasteiger partial charge in [-0.15, -0.1) is 0 Å². The summed E-state index contributed by atoms with van der Waals surface area (Å²) < 4.78 is 5.20. The number of ether oxygens (including phenoxy) is 1. The number of nitrogens with one attached hydrogen (secondary N) is 1. The lowest BCUT2D eigenvalue weighted by Gasteiger charge is -2.38. The number of carbonyl (C=O) groups is 2. The van der Waals surface area contributed by atoms with Crippen molar-refractivity contribution < 1.29 is 14.3 Å². The number of amides is 2. The minimum absolute atomic E-state index is 0.220. The van der Waals surface area contributed by atoms with E-state index in [2.05, 4.69) is 17.1 Å². The van der Waals surface area contributed by atoms with Crippen molar-refractivity contribution in [2.24, 2.45) is 11.8 Å². The van der Waals surface area contributed by atoms with Gasteiger partial charge in [0.2, 0.25) is 5.91 Å². The molecule has 1 atom stereocenters. The summed E-state index contributed by atoms with van der Waals surface area (Å²) >= 11 is 0. The molecule has 0 spiro atoms. The molecule has 0 bridgehead atoms. The van der Waals surface area contributed by atoms with Gasteiger partial charge in [0.1, 0.15) is 5.60 Å². The van der Waals surface area contributed by atoms with E-state index in [4.69, 9.17) is 4.74 Å². The van der Waals surface area contributed by atoms with Crippen LogP contribution in [-0.4, -0.2) is 66.7 Å². The summed E-state index contributed by atoms with van der Waals surface area (Å²) in [5.41, 5.74) is -0.491. The maximum Gasteiger partial charge on any atom is 0.407 e. The summed E-state index contributed by atoms with van der Waals surface area (Å²) in [4.78, 5) is 28.8. The van der Waals surface area contributed by atoms with Crippen LogP contribution in [0.4, 0.5) is 4.79 Å². The molecule has 2 heterocycles. The third-order valence-electron chi connectivity index (χ3n) is 5.50. The Morgan fingerprint density at radius 1 is 1.11 bits per heavy atom. The molecule has 0 aromatic heterocycles. The van der Waals surface area contributed by atoms with Crippen LogP contribution in [-0.2, 0) is 9.53 Å². The highest BCUT2D eigenvalue weighted by Gasteiger charge is 2.26. The fourth-order valence-electron chi connectivity index (χ4n) is 3.95. The Balaban J connectivity index is 1.63. The molecule has 2 aliphatic rings. The zero-order valence-electron chi connectivity index (χ0n) is 17.8. The Labute approximate surface area is 165 Å². The van der Waals surface area contributed by atoms with Crippen molar-refractivity contribution in [3.05, 3.63) is 0 Å². The molecule has 6 heteroatoms. The molecule has 2 aliphatic heterocycles. The minimum Gasteiger partial charge on any atom is -0.444 e. The first-order chi connectivity index (χ1) is 12.7. The normalized spacial score (nSPS) is 22.5. The molecule has 2 saturated heterocycles. The van der Waals surface area contributed by atoms with Gasteiger partial charge in [-0.3, -0.25) is 4.79 Å². The zero-order chi connectivity index (χ0) is 19.9. The van der Waals surface area contributed by atoms with Crippen molar-refractivity contribution in [1.82, 2.24) is 15.1 Å². The van der Waals surface area contributed by atoms with Crippen LogP contribution in [0.1, 0.15) is 66.2 Å². The molecule has 0 aliphatic carbocycles. The van der Waals surface area contributed by atoms with Crippen LogP contribution < -0.4 is 5.32 Å². The van der Waals surface area contributed by atoms with E-state index in [0.29, 0.717) is 25.3 Å². The van der Waals surface area contributed by atoms with Crippen LogP contribution >= 0.6 is 0 Å². The molecule has 0 aromatic rings. The Bertz CT molecular complexity index is 482. The summed E-state index contributed by atoms with van der Waals surface area (Å²) in [6.07, 6.45) is 5.68. The predicted molar refractivity (Wildman–Crippen MR) is 108 cm³/mol. The van der Waals surface area contributed by atoms with Crippen molar-refractivity contribution in [1.29, 1.82) is 0 Å². The lowest BCUT2D eigenvalue weighted by atomic mass is 9.94. The average molecular weight is 382 g/mol. The molecule has 2 amide bonds. The van der Waals surface area contributed by atoms with Crippen LogP contribution in [0.25, 0.3) is 0 Å². The Morgan fingerprint density at radius 2 is 1.81 bits per heavy atom. The largest absolute Gasteiger partial charge is 0.444 e. The number of alkyl carbamates (subject to hydrolysis) is 1. The predicted octanol–water partition coefficient (Wildman–Crippen LogP) is 3.26. The molecule has 0 aromatic carbocycles. The Morgan fingerprint density at radius 3 is 2.48 bits per heavy atom. The van der Waals surface area contributed by atoms with E-state index in [-0.39, 0.29) is 5.91 Å². The fraction of sp³-hybridized carbons (Fsp3) is 0.905. The van der Waals surface area contributed by atoms with Crippen LogP contribution in [0.5, 0.6) is 0 Å². The fourth-order valence-corrected chi connectivity index (χ4v) is 3.95. The highest BCUT2D eigenvalue weighted by atomic mass is 16.6. The quantitative estimate of drug-likeness (QED) is 0.718. The first kappa shape index (κ1) is 22.0. The van der Waals surface area contributed by atoms with Gasteiger partial charge < -0.3 is 19.9 Å². The van der Waals surface area contributed by atoms with E-state index in [1.165, 1.54) is 32.4 Å². The maximum atomic E-state index is 12.5. The van der Waals surface area contributed by atoms with E-state index in [1.807, 2.05) is 25.7 Å². The van der Waals surface area contributed by atoms with Gasteiger partial charge in [-0.2, -0.15) is 0 Å². The van der Waals surface area contributed by atoms with Gasteiger partial charge in [-0.25, -0.2) is 4.79 Å². The summed E-state index contributed by atoms with van der Waals surface area (Å²) in [6.45, 7) is 13.7. The van der Waals surface area contributed by atoms with Gasteiger partial charge in [0, 0.05) is 32.6 Å². The van der Waals surface area contributed by atoms with Crippen molar-refractivity contribution in [2.75, 3.05) is 39.3 Å².